The molecule has 1 saturated carbocycles. The molecule has 1 aliphatic rings. The molecule has 0 amide bonds. The minimum atomic E-state index is -0.0436. The first-order valence-corrected chi connectivity index (χ1v) is 6.12. The average molecular weight is 238 g/mol. The van der Waals surface area contributed by atoms with Gasteiger partial charge in [-0.15, -0.1) is 11.6 Å². The molecule has 2 rings (SSSR count). The van der Waals surface area contributed by atoms with Gasteiger partial charge in [-0.05, 0) is 50.5 Å². The Hall–Kier alpha value is -1.02. The van der Waals surface area contributed by atoms with E-state index < -0.39 is 0 Å². The van der Waals surface area contributed by atoms with Crippen LogP contribution in [-0.4, -0.2) is 16.2 Å². The van der Waals surface area contributed by atoms with E-state index in [1.807, 2.05) is 6.08 Å². The number of carbonyl (C=O) groups excluding carboxylic acids is 1. The van der Waals surface area contributed by atoms with Crippen LogP contribution in [0.25, 0.3) is 6.08 Å². The van der Waals surface area contributed by atoms with Crippen LogP contribution in [0.3, 0.4) is 0 Å². The van der Waals surface area contributed by atoms with Gasteiger partial charge in [0.1, 0.15) is 0 Å². The van der Waals surface area contributed by atoms with Crippen LogP contribution in [-0.2, 0) is 4.79 Å². The predicted molar refractivity (Wildman–Crippen MR) is 66.9 cm³/mol. The summed E-state index contributed by atoms with van der Waals surface area (Å²) in [6.45, 7) is 4.22. The molecule has 0 N–H and O–H groups in total. The van der Waals surface area contributed by atoms with E-state index in [9.17, 15) is 4.79 Å². The third-order valence-electron chi connectivity index (χ3n) is 3.02. The summed E-state index contributed by atoms with van der Waals surface area (Å²) in [6.07, 6.45) is 5.98. The van der Waals surface area contributed by atoms with Crippen LogP contribution in [0.2, 0.25) is 0 Å². The topological polar surface area (TPSA) is 22.0 Å². The van der Waals surface area contributed by atoms with Gasteiger partial charge >= 0.3 is 0 Å². The Morgan fingerprint density at radius 2 is 2.25 bits per heavy atom. The van der Waals surface area contributed by atoms with Crippen LogP contribution in [0.4, 0.5) is 0 Å². The Morgan fingerprint density at radius 1 is 1.56 bits per heavy atom. The maximum atomic E-state index is 11.1. The second-order valence-electron chi connectivity index (χ2n) is 4.36. The Labute approximate surface area is 101 Å². The second kappa shape index (κ2) is 4.46. The van der Waals surface area contributed by atoms with Crippen LogP contribution in [0.5, 0.6) is 0 Å². The molecule has 1 aromatic heterocycles. The number of carbonyl (C=O) groups is 1. The van der Waals surface area contributed by atoms with Crippen molar-refractivity contribution in [2.45, 2.75) is 32.7 Å². The third-order valence-corrected chi connectivity index (χ3v) is 3.28. The van der Waals surface area contributed by atoms with Gasteiger partial charge in [0.2, 0.25) is 0 Å². The van der Waals surface area contributed by atoms with Crippen LogP contribution in [0, 0.1) is 13.8 Å². The molecule has 1 fully saturated rings. The molecule has 0 bridgehead atoms. The molecule has 0 atom stereocenters. The van der Waals surface area contributed by atoms with E-state index in [4.69, 9.17) is 11.6 Å². The maximum Gasteiger partial charge on any atom is 0.170 e. The highest BCUT2D eigenvalue weighted by Crippen LogP contribution is 2.38. The second-order valence-corrected chi connectivity index (χ2v) is 4.63. The van der Waals surface area contributed by atoms with E-state index >= 15 is 0 Å². The summed E-state index contributed by atoms with van der Waals surface area (Å²) in [5.74, 6) is 0.00982. The van der Waals surface area contributed by atoms with Crippen LogP contribution in [0.15, 0.2) is 12.1 Å². The number of halogens is 1. The predicted octanol–water partition coefficient (Wildman–Crippen LogP) is 3.26. The fraction of sp³-hybridized carbons (Fsp3) is 0.462. The Bertz CT molecular complexity index is 441. The van der Waals surface area contributed by atoms with Crippen molar-refractivity contribution in [3.63, 3.8) is 0 Å². The highest BCUT2D eigenvalue weighted by molar-refractivity contribution is 6.29. The van der Waals surface area contributed by atoms with Gasteiger partial charge in [0.25, 0.3) is 0 Å². The molecule has 16 heavy (non-hydrogen) atoms. The summed E-state index contributed by atoms with van der Waals surface area (Å²) in [5, 5.41) is 0. The lowest BCUT2D eigenvalue weighted by Gasteiger charge is -2.06. The van der Waals surface area contributed by atoms with E-state index in [1.54, 1.807) is 6.08 Å². The van der Waals surface area contributed by atoms with Crippen molar-refractivity contribution in [2.24, 2.45) is 0 Å². The summed E-state index contributed by atoms with van der Waals surface area (Å²) in [4.78, 5) is 11.1. The summed E-state index contributed by atoms with van der Waals surface area (Å²) in [5.41, 5.74) is 3.65. The van der Waals surface area contributed by atoms with Crippen molar-refractivity contribution < 1.29 is 4.79 Å². The van der Waals surface area contributed by atoms with Crippen LogP contribution < -0.4 is 0 Å². The molecular weight excluding hydrogens is 222 g/mol. The molecular formula is C13H16ClNO. The summed E-state index contributed by atoms with van der Waals surface area (Å²) in [7, 11) is 0. The number of aryl methyl sites for hydroxylation is 1. The molecule has 86 valence electrons. The van der Waals surface area contributed by atoms with Gasteiger partial charge in [0, 0.05) is 17.4 Å². The first kappa shape index (κ1) is 11.5. The molecule has 0 aromatic carbocycles. The number of hydrogen-bond donors (Lipinski definition) is 0. The van der Waals surface area contributed by atoms with Gasteiger partial charge in [0.05, 0.1) is 5.88 Å². The molecule has 3 heteroatoms. The largest absolute Gasteiger partial charge is 0.346 e. The van der Waals surface area contributed by atoms with Gasteiger partial charge in [-0.2, -0.15) is 0 Å². The highest BCUT2D eigenvalue weighted by atomic mass is 35.5. The highest BCUT2D eigenvalue weighted by Gasteiger charge is 2.26. The van der Waals surface area contributed by atoms with E-state index in [1.165, 1.54) is 24.2 Å². The SMILES string of the molecule is Cc1cc(/C=C/C(=O)CCl)c(C)n1C1CC1. The number of alkyl halides is 1. The van der Waals surface area contributed by atoms with E-state index in [0.717, 1.165) is 5.56 Å². The zero-order valence-electron chi connectivity index (χ0n) is 9.66. The molecule has 0 saturated heterocycles. The van der Waals surface area contributed by atoms with Gasteiger partial charge in [-0.3, -0.25) is 4.79 Å². The Kier molecular flexibility index (Phi) is 3.20. The number of hydrogen-bond acceptors (Lipinski definition) is 1. The summed E-state index contributed by atoms with van der Waals surface area (Å²) < 4.78 is 2.37. The van der Waals surface area contributed by atoms with Crippen molar-refractivity contribution >= 4 is 23.5 Å². The van der Waals surface area contributed by atoms with E-state index in [0.29, 0.717) is 6.04 Å². The van der Waals surface area contributed by atoms with Crippen molar-refractivity contribution in [3.8, 4) is 0 Å². The molecule has 0 radical (unpaired) electrons. The van der Waals surface area contributed by atoms with Gasteiger partial charge in [-0.25, -0.2) is 0 Å². The zero-order chi connectivity index (χ0) is 11.7. The van der Waals surface area contributed by atoms with E-state index in [-0.39, 0.29) is 11.7 Å². The standard InChI is InChI=1S/C13H16ClNO/c1-9-7-11(3-6-13(16)8-14)10(2)15(9)12-4-5-12/h3,6-7,12H,4-5,8H2,1-2H3/b6-3+. The molecule has 1 aromatic rings. The minimum absolute atomic E-state index is 0.0436. The number of aromatic nitrogens is 1. The third kappa shape index (κ3) is 2.22. The zero-order valence-corrected chi connectivity index (χ0v) is 10.4. The van der Waals surface area contributed by atoms with Crippen LogP contribution in [0.1, 0.15) is 35.8 Å². The molecule has 2 nitrogen and oxygen atoms in total. The number of rotatable bonds is 4. The summed E-state index contributed by atoms with van der Waals surface area (Å²) >= 11 is 5.45. The van der Waals surface area contributed by atoms with Crippen molar-refractivity contribution in [1.82, 2.24) is 4.57 Å². The Balaban J connectivity index is 2.25. The molecule has 1 heterocycles. The van der Waals surface area contributed by atoms with Crippen LogP contribution >= 0.6 is 11.6 Å². The van der Waals surface area contributed by atoms with Gasteiger partial charge in [-0.1, -0.05) is 0 Å². The first-order chi connectivity index (χ1) is 7.63. The maximum absolute atomic E-state index is 11.1. The fourth-order valence-electron chi connectivity index (χ4n) is 2.09. The number of allylic oxidation sites excluding steroid dienone is 1. The van der Waals surface area contributed by atoms with Crippen molar-refractivity contribution in [1.29, 1.82) is 0 Å². The summed E-state index contributed by atoms with van der Waals surface area (Å²) in [6, 6.07) is 2.82. The first-order valence-electron chi connectivity index (χ1n) is 5.58. The van der Waals surface area contributed by atoms with Gasteiger partial charge in [0.15, 0.2) is 5.78 Å². The van der Waals surface area contributed by atoms with Gasteiger partial charge < -0.3 is 4.57 Å². The number of ketones is 1. The van der Waals surface area contributed by atoms with Crippen molar-refractivity contribution in [3.05, 3.63) is 29.1 Å². The smallest absolute Gasteiger partial charge is 0.170 e. The minimum Gasteiger partial charge on any atom is -0.346 e. The lowest BCUT2D eigenvalue weighted by molar-refractivity contribution is -0.112. The molecule has 1 aliphatic carbocycles. The quantitative estimate of drug-likeness (QED) is 0.582. The normalized spacial score (nSPS) is 15.9. The lowest BCUT2D eigenvalue weighted by Crippen LogP contribution is -1.98. The Morgan fingerprint density at radius 3 is 2.81 bits per heavy atom. The average Bonchev–Trinajstić information content (AvgIpc) is 3.04. The molecule has 0 spiro atoms. The monoisotopic (exact) mass is 237 g/mol. The van der Waals surface area contributed by atoms with Crippen molar-refractivity contribution in [2.75, 3.05) is 5.88 Å². The number of nitrogens with zero attached hydrogens (tertiary/aromatic N) is 1. The fourth-order valence-corrected chi connectivity index (χ4v) is 2.18. The lowest BCUT2D eigenvalue weighted by atomic mass is 10.2. The van der Waals surface area contributed by atoms with E-state index in [2.05, 4.69) is 24.5 Å². The molecule has 0 aliphatic heterocycles. The molecule has 0 unspecified atom stereocenters.